The van der Waals surface area contributed by atoms with Crippen LogP contribution in [0, 0.1) is 11.6 Å². The highest BCUT2D eigenvalue weighted by Gasteiger charge is 2.23. The molecule has 14 heavy (non-hydrogen) atoms. The lowest BCUT2D eigenvalue weighted by atomic mass is 10.1. The van der Waals surface area contributed by atoms with Crippen LogP contribution < -0.4 is 10.6 Å². The van der Waals surface area contributed by atoms with Gasteiger partial charge < -0.3 is 4.74 Å². The molecular formula is C9H9F2NO2. The zero-order valence-electron chi connectivity index (χ0n) is 7.35. The van der Waals surface area contributed by atoms with Crippen LogP contribution in [0.5, 0.6) is 5.75 Å². The first-order chi connectivity index (χ1) is 6.74. The Morgan fingerprint density at radius 2 is 2.21 bits per heavy atom. The fourth-order valence-electron chi connectivity index (χ4n) is 1.56. The van der Waals surface area contributed by atoms with Crippen LogP contribution in [0.2, 0.25) is 0 Å². The van der Waals surface area contributed by atoms with Crippen LogP contribution in [-0.4, -0.2) is 6.61 Å². The molecule has 0 radical (unpaired) electrons. The average molecular weight is 201 g/mol. The predicted octanol–water partition coefficient (Wildman–Crippen LogP) is 1.29. The molecule has 3 nitrogen and oxygen atoms in total. The Labute approximate surface area is 79.4 Å². The number of rotatable bonds is 2. The van der Waals surface area contributed by atoms with Gasteiger partial charge in [0.2, 0.25) is 0 Å². The first kappa shape index (κ1) is 9.36. The fourth-order valence-corrected chi connectivity index (χ4v) is 1.56. The van der Waals surface area contributed by atoms with E-state index in [1.807, 2.05) is 0 Å². The number of hydrogen-bond donors (Lipinski definition) is 1. The minimum Gasteiger partial charge on any atom is -0.492 e. The van der Waals surface area contributed by atoms with Crippen LogP contribution >= 0.6 is 0 Å². The molecule has 0 amide bonds. The molecule has 0 aliphatic carbocycles. The van der Waals surface area contributed by atoms with E-state index in [9.17, 15) is 8.78 Å². The summed E-state index contributed by atoms with van der Waals surface area (Å²) in [4.78, 5) is 4.33. The normalized spacial score (nSPS) is 13.9. The van der Waals surface area contributed by atoms with Gasteiger partial charge in [-0.05, 0) is 0 Å². The Morgan fingerprint density at radius 1 is 1.43 bits per heavy atom. The van der Waals surface area contributed by atoms with Crippen molar-refractivity contribution in [3.8, 4) is 5.75 Å². The predicted molar refractivity (Wildman–Crippen MR) is 44.5 cm³/mol. The van der Waals surface area contributed by atoms with Crippen molar-refractivity contribution in [2.24, 2.45) is 5.90 Å². The molecule has 0 saturated heterocycles. The molecule has 76 valence electrons. The van der Waals surface area contributed by atoms with Gasteiger partial charge in [-0.15, -0.1) is 0 Å². The number of nitrogens with two attached hydrogens (primary N) is 1. The van der Waals surface area contributed by atoms with Gasteiger partial charge in [0.25, 0.3) is 0 Å². The Bertz CT molecular complexity index is 368. The third kappa shape index (κ3) is 1.34. The third-order valence-electron chi connectivity index (χ3n) is 2.20. The Kier molecular flexibility index (Phi) is 2.35. The first-order valence-corrected chi connectivity index (χ1v) is 4.18. The van der Waals surface area contributed by atoms with Gasteiger partial charge in [-0.2, -0.15) is 0 Å². The van der Waals surface area contributed by atoms with Crippen molar-refractivity contribution in [2.45, 2.75) is 13.0 Å². The average Bonchev–Trinajstić information content (AvgIpc) is 2.60. The first-order valence-electron chi connectivity index (χ1n) is 4.18. The molecule has 2 rings (SSSR count). The SMILES string of the molecule is NOCc1c(F)cc(F)c2c1OCC2. The minimum absolute atomic E-state index is 0.117. The lowest BCUT2D eigenvalue weighted by Gasteiger charge is -2.08. The van der Waals surface area contributed by atoms with Gasteiger partial charge in [-0.3, -0.25) is 4.84 Å². The number of fused-ring (bicyclic) bond motifs is 1. The smallest absolute Gasteiger partial charge is 0.135 e. The quantitative estimate of drug-likeness (QED) is 0.733. The molecule has 0 bridgehead atoms. The van der Waals surface area contributed by atoms with Crippen LogP contribution in [0.4, 0.5) is 8.78 Å². The lowest BCUT2D eigenvalue weighted by molar-refractivity contribution is 0.119. The van der Waals surface area contributed by atoms with Crippen molar-refractivity contribution in [3.63, 3.8) is 0 Å². The molecular weight excluding hydrogens is 192 g/mol. The molecule has 1 aromatic rings. The van der Waals surface area contributed by atoms with Crippen molar-refractivity contribution < 1.29 is 18.4 Å². The van der Waals surface area contributed by atoms with Gasteiger partial charge in [0, 0.05) is 18.1 Å². The van der Waals surface area contributed by atoms with Gasteiger partial charge in [0.05, 0.1) is 18.8 Å². The molecule has 0 atom stereocenters. The largest absolute Gasteiger partial charge is 0.492 e. The van der Waals surface area contributed by atoms with E-state index in [-0.39, 0.29) is 17.9 Å². The number of hydrogen-bond acceptors (Lipinski definition) is 3. The van der Waals surface area contributed by atoms with Crippen LogP contribution in [0.1, 0.15) is 11.1 Å². The van der Waals surface area contributed by atoms with Crippen LogP contribution in [0.3, 0.4) is 0 Å². The van der Waals surface area contributed by atoms with E-state index < -0.39 is 11.6 Å². The van der Waals surface area contributed by atoms with E-state index in [2.05, 4.69) is 4.84 Å². The minimum atomic E-state index is -0.686. The van der Waals surface area contributed by atoms with Gasteiger partial charge >= 0.3 is 0 Å². The molecule has 0 fully saturated rings. The maximum absolute atomic E-state index is 13.2. The summed E-state index contributed by atoms with van der Waals surface area (Å²) in [5.74, 6) is 3.83. The van der Waals surface area contributed by atoms with E-state index in [1.54, 1.807) is 0 Å². The topological polar surface area (TPSA) is 44.5 Å². The second kappa shape index (κ2) is 3.51. The number of benzene rings is 1. The molecule has 1 aliphatic rings. The molecule has 2 N–H and O–H groups in total. The summed E-state index contributed by atoms with van der Waals surface area (Å²) in [6.45, 7) is 0.252. The van der Waals surface area contributed by atoms with E-state index in [0.717, 1.165) is 6.07 Å². The lowest BCUT2D eigenvalue weighted by Crippen LogP contribution is -2.04. The van der Waals surface area contributed by atoms with Gasteiger partial charge in [-0.1, -0.05) is 0 Å². The van der Waals surface area contributed by atoms with E-state index in [0.29, 0.717) is 18.6 Å². The van der Waals surface area contributed by atoms with Gasteiger partial charge in [0.1, 0.15) is 17.4 Å². The Hall–Kier alpha value is -1.20. The van der Waals surface area contributed by atoms with Gasteiger partial charge in [-0.25, -0.2) is 14.7 Å². The highest BCUT2D eigenvalue weighted by molar-refractivity contribution is 5.45. The molecule has 1 heterocycles. The van der Waals surface area contributed by atoms with Crippen molar-refractivity contribution in [1.82, 2.24) is 0 Å². The summed E-state index contributed by atoms with van der Waals surface area (Å²) in [6.07, 6.45) is 0.457. The Morgan fingerprint density at radius 3 is 2.93 bits per heavy atom. The number of halogens is 2. The number of ether oxygens (including phenoxy) is 1. The summed E-state index contributed by atoms with van der Waals surface area (Å²) >= 11 is 0. The molecule has 5 heteroatoms. The van der Waals surface area contributed by atoms with E-state index in [1.165, 1.54) is 0 Å². The highest BCUT2D eigenvalue weighted by atomic mass is 19.1. The zero-order chi connectivity index (χ0) is 10.1. The monoisotopic (exact) mass is 201 g/mol. The van der Waals surface area contributed by atoms with Crippen LogP contribution in [-0.2, 0) is 17.9 Å². The van der Waals surface area contributed by atoms with E-state index in [4.69, 9.17) is 10.6 Å². The van der Waals surface area contributed by atoms with Crippen molar-refractivity contribution in [2.75, 3.05) is 6.61 Å². The molecule has 0 aromatic heterocycles. The maximum atomic E-state index is 13.2. The van der Waals surface area contributed by atoms with Crippen molar-refractivity contribution in [1.29, 1.82) is 0 Å². The molecule has 0 unspecified atom stereocenters. The summed E-state index contributed by atoms with van der Waals surface area (Å²) in [5.41, 5.74) is 0.583. The van der Waals surface area contributed by atoms with Crippen molar-refractivity contribution >= 4 is 0 Å². The summed E-state index contributed by atoms with van der Waals surface area (Å²) in [6, 6.07) is 0.835. The summed E-state index contributed by atoms with van der Waals surface area (Å²) in [5, 5.41) is 0. The molecule has 0 saturated carbocycles. The molecule has 1 aromatic carbocycles. The fraction of sp³-hybridized carbons (Fsp3) is 0.333. The van der Waals surface area contributed by atoms with Crippen LogP contribution in [0.15, 0.2) is 6.07 Å². The van der Waals surface area contributed by atoms with Crippen molar-refractivity contribution in [3.05, 3.63) is 28.8 Å². The molecule has 1 aliphatic heterocycles. The summed E-state index contributed by atoms with van der Waals surface area (Å²) in [7, 11) is 0. The van der Waals surface area contributed by atoms with E-state index >= 15 is 0 Å². The Balaban J connectivity index is 2.54. The standard InChI is InChI=1S/C9H9F2NO2/c10-7-3-8(11)6(4-14-12)9-5(7)1-2-13-9/h3H,1-2,4,12H2. The van der Waals surface area contributed by atoms with Gasteiger partial charge in [0.15, 0.2) is 0 Å². The maximum Gasteiger partial charge on any atom is 0.135 e. The molecule has 0 spiro atoms. The second-order valence-corrected chi connectivity index (χ2v) is 3.04. The summed E-state index contributed by atoms with van der Waals surface area (Å²) < 4.78 is 31.5. The second-order valence-electron chi connectivity index (χ2n) is 3.04. The zero-order valence-corrected chi connectivity index (χ0v) is 7.35. The van der Waals surface area contributed by atoms with Crippen LogP contribution in [0.25, 0.3) is 0 Å². The third-order valence-corrected chi connectivity index (χ3v) is 2.20. The highest BCUT2D eigenvalue weighted by Crippen LogP contribution is 2.33.